The van der Waals surface area contributed by atoms with E-state index in [4.69, 9.17) is 4.74 Å². The van der Waals surface area contributed by atoms with E-state index in [0.29, 0.717) is 0 Å². The van der Waals surface area contributed by atoms with E-state index in [-0.39, 0.29) is 54.6 Å². The van der Waals surface area contributed by atoms with Gasteiger partial charge in [-0.15, -0.1) is 12.4 Å². The van der Waals surface area contributed by atoms with E-state index in [1.807, 2.05) is 36.4 Å². The van der Waals surface area contributed by atoms with Gasteiger partial charge in [-0.25, -0.2) is 0 Å². The van der Waals surface area contributed by atoms with Gasteiger partial charge in [-0.2, -0.15) is 26.3 Å². The summed E-state index contributed by atoms with van der Waals surface area (Å²) in [5, 5.41) is 0. The molecule has 0 unspecified atom stereocenters. The molecule has 3 aromatic carbocycles. The second-order valence-electron chi connectivity index (χ2n) is 9.85. The average Bonchev–Trinajstić information content (AvgIpc) is 2.89. The smallest absolute Gasteiger partial charge is 0.372 e. The highest BCUT2D eigenvalue weighted by Gasteiger charge is 2.47. The van der Waals surface area contributed by atoms with E-state index in [9.17, 15) is 26.3 Å². The van der Waals surface area contributed by atoms with Crippen molar-refractivity contribution in [2.45, 2.75) is 49.9 Å². The molecule has 2 atom stereocenters. The predicted octanol–water partition coefficient (Wildman–Crippen LogP) is 7.96. The van der Waals surface area contributed by atoms with E-state index >= 15 is 0 Å². The molecule has 3 heterocycles. The first-order valence-electron chi connectivity index (χ1n) is 12.3. The Morgan fingerprint density at radius 2 is 1.21 bits per heavy atom. The van der Waals surface area contributed by atoms with Crippen molar-refractivity contribution in [2.24, 2.45) is 5.92 Å². The molecular formula is C29H28ClF6NO. The Bertz CT molecular complexity index is 1120. The highest BCUT2D eigenvalue weighted by Crippen LogP contribution is 2.44. The molecule has 6 rings (SSSR count). The number of benzene rings is 3. The summed E-state index contributed by atoms with van der Waals surface area (Å²) < 4.78 is 86.6. The third-order valence-corrected chi connectivity index (χ3v) is 7.55. The van der Waals surface area contributed by atoms with Crippen molar-refractivity contribution in [1.82, 2.24) is 4.90 Å². The summed E-state index contributed by atoms with van der Waals surface area (Å²) in [5.74, 6) is 0.126. The summed E-state index contributed by atoms with van der Waals surface area (Å²) in [6.45, 7) is 1.44. The maximum atomic E-state index is 13.4. The number of rotatable bonds is 6. The SMILES string of the molecule is Cl.FC(F)(F)c1cc(CO[C@H]2C3CCN(CC3)[C@H]2C(c2ccccc2)c2ccccc2)cc(C(F)(F)F)c1. The first kappa shape index (κ1) is 28.5. The molecule has 0 aromatic heterocycles. The van der Waals surface area contributed by atoms with Crippen LogP contribution in [0.25, 0.3) is 0 Å². The minimum absolute atomic E-state index is 0. The molecular weight excluding hydrogens is 528 g/mol. The summed E-state index contributed by atoms with van der Waals surface area (Å²) in [4.78, 5) is 2.36. The van der Waals surface area contributed by atoms with Crippen LogP contribution in [0.15, 0.2) is 78.9 Å². The van der Waals surface area contributed by atoms with E-state index in [1.165, 1.54) is 0 Å². The topological polar surface area (TPSA) is 12.5 Å². The highest BCUT2D eigenvalue weighted by molar-refractivity contribution is 5.85. The van der Waals surface area contributed by atoms with Crippen molar-refractivity contribution in [3.05, 3.63) is 107 Å². The zero-order chi connectivity index (χ0) is 26.2. The van der Waals surface area contributed by atoms with Crippen LogP contribution < -0.4 is 0 Å². The van der Waals surface area contributed by atoms with Crippen LogP contribution in [0, 0.1) is 5.92 Å². The van der Waals surface area contributed by atoms with Crippen LogP contribution >= 0.6 is 12.4 Å². The number of ether oxygens (including phenoxy) is 1. The van der Waals surface area contributed by atoms with E-state index < -0.39 is 23.5 Å². The Morgan fingerprint density at radius 3 is 1.66 bits per heavy atom. The molecule has 3 aromatic rings. The number of alkyl halides is 6. The third-order valence-electron chi connectivity index (χ3n) is 7.55. The van der Waals surface area contributed by atoms with E-state index in [1.54, 1.807) is 0 Å². The lowest BCUT2D eigenvalue weighted by molar-refractivity contribution is -0.143. The lowest BCUT2D eigenvalue weighted by atomic mass is 9.72. The van der Waals surface area contributed by atoms with Gasteiger partial charge in [0.1, 0.15) is 0 Å². The van der Waals surface area contributed by atoms with Gasteiger partial charge in [0.2, 0.25) is 0 Å². The summed E-state index contributed by atoms with van der Waals surface area (Å²) in [6.07, 6.45) is -8.35. The first-order valence-corrected chi connectivity index (χ1v) is 12.3. The molecule has 3 aliphatic rings. The van der Waals surface area contributed by atoms with Crippen LogP contribution in [0.2, 0.25) is 0 Å². The Balaban J connectivity index is 0.00000336. The van der Waals surface area contributed by atoms with Crippen molar-refractivity contribution >= 4 is 12.4 Å². The van der Waals surface area contributed by atoms with Gasteiger partial charge in [-0.1, -0.05) is 60.7 Å². The van der Waals surface area contributed by atoms with Gasteiger partial charge in [-0.05, 0) is 66.7 Å². The van der Waals surface area contributed by atoms with Crippen molar-refractivity contribution in [3.63, 3.8) is 0 Å². The van der Waals surface area contributed by atoms with E-state index in [0.717, 1.165) is 49.2 Å². The Labute approximate surface area is 224 Å². The third kappa shape index (κ3) is 6.03. The second-order valence-corrected chi connectivity index (χ2v) is 9.85. The number of fused-ring (bicyclic) bond motifs is 3. The van der Waals surface area contributed by atoms with E-state index in [2.05, 4.69) is 29.2 Å². The Kier molecular flexibility index (Phi) is 8.45. The largest absolute Gasteiger partial charge is 0.416 e. The fourth-order valence-corrected chi connectivity index (χ4v) is 5.87. The summed E-state index contributed by atoms with van der Waals surface area (Å²) in [6, 6.07) is 21.6. The van der Waals surface area contributed by atoms with Crippen molar-refractivity contribution < 1.29 is 31.1 Å². The van der Waals surface area contributed by atoms with Crippen molar-refractivity contribution in [3.8, 4) is 0 Å². The minimum atomic E-state index is -4.89. The highest BCUT2D eigenvalue weighted by atomic mass is 35.5. The van der Waals surface area contributed by atoms with Crippen LogP contribution in [0.5, 0.6) is 0 Å². The van der Waals surface area contributed by atoms with Gasteiger partial charge in [-0.3, -0.25) is 4.90 Å². The maximum absolute atomic E-state index is 13.4. The fourth-order valence-electron chi connectivity index (χ4n) is 5.87. The molecule has 3 saturated heterocycles. The molecule has 9 heteroatoms. The summed E-state index contributed by atoms with van der Waals surface area (Å²) >= 11 is 0. The standard InChI is InChI=1S/C29H27F6NO.ClH/c30-28(31,32)23-15-19(16-24(17-23)29(33,34)35)18-37-27-22-11-13-36(14-12-22)26(27)25(20-7-3-1-4-8-20)21-9-5-2-6-10-21;/h1-10,15-17,22,25-27H,11-14,18H2;1H/t26-,27-;/m0./s1. The molecule has 38 heavy (non-hydrogen) atoms. The Hall–Kier alpha value is -2.55. The van der Waals surface area contributed by atoms with Crippen LogP contribution in [-0.2, 0) is 23.7 Å². The monoisotopic (exact) mass is 555 g/mol. The lowest BCUT2D eigenvalue weighted by Crippen LogP contribution is -2.60. The molecule has 0 amide bonds. The normalized spacial score (nSPS) is 23.3. The number of hydrogen-bond donors (Lipinski definition) is 0. The zero-order valence-electron chi connectivity index (χ0n) is 20.4. The van der Waals surface area contributed by atoms with Gasteiger partial charge in [0.15, 0.2) is 0 Å². The predicted molar refractivity (Wildman–Crippen MR) is 135 cm³/mol. The molecule has 0 saturated carbocycles. The quantitative estimate of drug-likeness (QED) is 0.286. The van der Waals surface area contributed by atoms with Gasteiger partial charge in [0.25, 0.3) is 0 Å². The van der Waals surface area contributed by atoms with Crippen LogP contribution in [0.4, 0.5) is 26.3 Å². The minimum Gasteiger partial charge on any atom is -0.372 e. The van der Waals surface area contributed by atoms with Crippen LogP contribution in [-0.4, -0.2) is 30.1 Å². The number of piperidine rings is 3. The molecule has 3 aliphatic heterocycles. The second kappa shape index (κ2) is 11.3. The van der Waals surface area contributed by atoms with Crippen molar-refractivity contribution in [2.75, 3.05) is 13.1 Å². The molecule has 204 valence electrons. The number of hydrogen-bond acceptors (Lipinski definition) is 2. The van der Waals surface area contributed by atoms with Gasteiger partial charge < -0.3 is 4.74 Å². The first-order chi connectivity index (χ1) is 17.6. The van der Waals surface area contributed by atoms with Crippen LogP contribution in [0.3, 0.4) is 0 Å². The molecule has 0 N–H and O–H groups in total. The average molecular weight is 556 g/mol. The molecule has 0 radical (unpaired) electrons. The van der Waals surface area contributed by atoms with Gasteiger partial charge in [0, 0.05) is 12.0 Å². The Morgan fingerprint density at radius 1 is 0.737 bits per heavy atom. The van der Waals surface area contributed by atoms with Crippen molar-refractivity contribution in [1.29, 1.82) is 0 Å². The molecule has 0 aliphatic carbocycles. The molecule has 3 fully saturated rings. The fraction of sp³-hybridized carbons (Fsp3) is 0.379. The zero-order valence-corrected chi connectivity index (χ0v) is 21.2. The lowest BCUT2D eigenvalue weighted by Gasteiger charge is -2.53. The van der Waals surface area contributed by atoms with Gasteiger partial charge in [0.05, 0.1) is 23.8 Å². The molecule has 2 bridgehead atoms. The van der Waals surface area contributed by atoms with Crippen LogP contribution in [0.1, 0.15) is 46.6 Å². The maximum Gasteiger partial charge on any atom is 0.416 e. The molecule has 2 nitrogen and oxygen atoms in total. The molecule has 0 spiro atoms. The summed E-state index contributed by atoms with van der Waals surface area (Å²) in [5.41, 5.74) is -0.583. The van der Waals surface area contributed by atoms with Gasteiger partial charge >= 0.3 is 12.4 Å². The number of halogens is 7. The number of nitrogens with zero attached hydrogens (tertiary/aromatic N) is 1. The summed E-state index contributed by atoms with van der Waals surface area (Å²) in [7, 11) is 0.